The van der Waals surface area contributed by atoms with E-state index in [1.807, 2.05) is 42.5 Å². The molecule has 0 spiro atoms. The molecule has 5 heterocycles. The van der Waals surface area contributed by atoms with Crippen LogP contribution in [0.1, 0.15) is 5.56 Å². The Hall–Kier alpha value is -5.39. The van der Waals surface area contributed by atoms with E-state index in [0.717, 1.165) is 11.3 Å². The van der Waals surface area contributed by atoms with Gasteiger partial charge in [-0.05, 0) is 35.9 Å². The van der Waals surface area contributed by atoms with Crippen molar-refractivity contribution >= 4 is 41.6 Å². The Morgan fingerprint density at radius 3 is 1.82 bits per heavy atom. The monoisotopic (exact) mass is 670 g/mol. The van der Waals surface area contributed by atoms with Gasteiger partial charge in [-0.2, -0.15) is 35.0 Å². The lowest BCUT2D eigenvalue weighted by molar-refractivity contribution is 0.121. The molecule has 2 aromatic carbocycles. The van der Waals surface area contributed by atoms with Gasteiger partial charge >= 0.3 is 6.01 Å². The molecule has 0 bridgehead atoms. The largest absolute Gasteiger partial charge is 0.493 e. The summed E-state index contributed by atoms with van der Waals surface area (Å²) in [5.74, 6) is 3.24. The van der Waals surface area contributed by atoms with Gasteiger partial charge in [0, 0.05) is 45.0 Å². The Balaban J connectivity index is 1.08. The van der Waals surface area contributed by atoms with Crippen molar-refractivity contribution in [1.29, 1.82) is 0 Å². The van der Waals surface area contributed by atoms with Crippen LogP contribution < -0.4 is 34.9 Å². The van der Waals surface area contributed by atoms with Crippen LogP contribution in [0.4, 0.5) is 35.4 Å². The van der Waals surface area contributed by atoms with Gasteiger partial charge in [0.1, 0.15) is 0 Å². The van der Waals surface area contributed by atoms with Gasteiger partial charge in [-0.3, -0.25) is 0 Å². The Morgan fingerprint density at radius 1 is 0.653 bits per heavy atom. The van der Waals surface area contributed by atoms with Gasteiger partial charge in [-0.25, -0.2) is 5.43 Å². The molecule has 2 N–H and O–H groups in total. The van der Waals surface area contributed by atoms with Crippen LogP contribution in [0, 0.1) is 0 Å². The maximum atomic E-state index is 6.21. The summed E-state index contributed by atoms with van der Waals surface area (Å²) in [5.41, 5.74) is 4.56. The van der Waals surface area contributed by atoms with E-state index in [2.05, 4.69) is 55.5 Å². The number of morpholine rings is 3. The molecular weight excluding hydrogens is 632 g/mol. The molecule has 17 nitrogen and oxygen atoms in total. The normalized spacial score (nSPS) is 16.9. The molecule has 2 aromatic heterocycles. The minimum Gasteiger partial charge on any atom is -0.493 e. The van der Waals surface area contributed by atoms with Crippen LogP contribution in [-0.4, -0.2) is 122 Å². The van der Waals surface area contributed by atoms with Gasteiger partial charge in [0.2, 0.25) is 29.7 Å². The second-order valence-corrected chi connectivity index (χ2v) is 11.2. The first-order chi connectivity index (χ1) is 24.2. The van der Waals surface area contributed by atoms with E-state index in [1.165, 1.54) is 0 Å². The fourth-order valence-electron chi connectivity index (χ4n) is 5.33. The van der Waals surface area contributed by atoms with Crippen molar-refractivity contribution in [2.45, 2.75) is 0 Å². The fraction of sp³-hybridized carbons (Fsp3) is 0.406. The van der Waals surface area contributed by atoms with Gasteiger partial charge in [0.15, 0.2) is 11.5 Å². The number of methoxy groups -OCH3 is 1. The van der Waals surface area contributed by atoms with E-state index < -0.39 is 0 Å². The zero-order valence-electron chi connectivity index (χ0n) is 27.2. The molecule has 3 saturated heterocycles. The van der Waals surface area contributed by atoms with Crippen molar-refractivity contribution < 1.29 is 23.7 Å². The average molecular weight is 671 g/mol. The molecule has 4 aromatic rings. The Morgan fingerprint density at radius 2 is 1.22 bits per heavy atom. The number of hydrogen-bond acceptors (Lipinski definition) is 17. The third-order valence-electron chi connectivity index (χ3n) is 7.89. The molecule has 0 aliphatic carbocycles. The first-order valence-electron chi connectivity index (χ1n) is 16.2. The van der Waals surface area contributed by atoms with Crippen LogP contribution in [0.15, 0.2) is 53.6 Å². The van der Waals surface area contributed by atoms with Crippen molar-refractivity contribution in [2.75, 3.05) is 111 Å². The smallest absolute Gasteiger partial charge is 0.328 e. The maximum Gasteiger partial charge on any atom is 0.328 e. The summed E-state index contributed by atoms with van der Waals surface area (Å²) < 4.78 is 28.4. The number of para-hydroxylation sites is 1. The zero-order chi connectivity index (χ0) is 33.3. The molecule has 0 saturated carbocycles. The van der Waals surface area contributed by atoms with Gasteiger partial charge in [0.25, 0.3) is 0 Å². The summed E-state index contributed by atoms with van der Waals surface area (Å²) in [4.78, 5) is 34.0. The zero-order valence-corrected chi connectivity index (χ0v) is 27.2. The number of nitrogens with zero attached hydrogens (tertiary/aromatic N) is 10. The molecule has 0 amide bonds. The summed E-state index contributed by atoms with van der Waals surface area (Å²) in [6, 6.07) is 15.3. The van der Waals surface area contributed by atoms with Crippen molar-refractivity contribution in [3.8, 4) is 17.5 Å². The highest BCUT2D eigenvalue weighted by Crippen LogP contribution is 2.32. The molecule has 7 rings (SSSR count). The summed E-state index contributed by atoms with van der Waals surface area (Å²) in [6.07, 6.45) is 1.64. The summed E-state index contributed by atoms with van der Waals surface area (Å²) in [7, 11) is 1.58. The minimum absolute atomic E-state index is 0.171. The van der Waals surface area contributed by atoms with Crippen molar-refractivity contribution in [1.82, 2.24) is 29.9 Å². The SMILES string of the molecule is COc1cc(/C=N\Nc2nc(Nc3ccccc3)nc(N3CCOCC3)n2)ccc1Oc1nc(N2CCOCC2)nc(N2CCOCC2)n1. The molecule has 3 aliphatic heterocycles. The van der Waals surface area contributed by atoms with Crippen LogP contribution in [0.3, 0.4) is 0 Å². The van der Waals surface area contributed by atoms with Crippen LogP contribution in [0.25, 0.3) is 0 Å². The lowest BCUT2D eigenvalue weighted by atomic mass is 10.2. The molecule has 17 heteroatoms. The maximum absolute atomic E-state index is 6.21. The van der Waals surface area contributed by atoms with E-state index in [1.54, 1.807) is 19.4 Å². The van der Waals surface area contributed by atoms with Gasteiger partial charge < -0.3 is 43.7 Å². The quantitative estimate of drug-likeness (QED) is 0.176. The first-order valence-corrected chi connectivity index (χ1v) is 16.2. The highest BCUT2D eigenvalue weighted by molar-refractivity contribution is 5.81. The molecule has 3 fully saturated rings. The van der Waals surface area contributed by atoms with E-state index in [9.17, 15) is 0 Å². The van der Waals surface area contributed by atoms with E-state index >= 15 is 0 Å². The average Bonchev–Trinajstić information content (AvgIpc) is 3.16. The Labute approximate surface area is 283 Å². The number of anilines is 6. The van der Waals surface area contributed by atoms with Crippen molar-refractivity contribution in [3.63, 3.8) is 0 Å². The predicted molar refractivity (Wildman–Crippen MR) is 183 cm³/mol. The van der Waals surface area contributed by atoms with Crippen molar-refractivity contribution in [3.05, 3.63) is 54.1 Å². The molecule has 3 aliphatic rings. The molecular formula is C32H38N12O5. The molecule has 0 radical (unpaired) electrons. The van der Waals surface area contributed by atoms with Crippen molar-refractivity contribution in [2.24, 2.45) is 5.10 Å². The summed E-state index contributed by atoms with van der Waals surface area (Å²) >= 11 is 0. The molecule has 0 unspecified atom stereocenters. The lowest BCUT2D eigenvalue weighted by Crippen LogP contribution is -2.40. The number of hydrogen-bond donors (Lipinski definition) is 2. The van der Waals surface area contributed by atoms with E-state index in [4.69, 9.17) is 28.7 Å². The predicted octanol–water partition coefficient (Wildman–Crippen LogP) is 2.56. The second kappa shape index (κ2) is 15.7. The van der Waals surface area contributed by atoms with Gasteiger partial charge in [-0.1, -0.05) is 18.2 Å². The number of aromatic nitrogens is 6. The lowest BCUT2D eigenvalue weighted by Gasteiger charge is -2.30. The highest BCUT2D eigenvalue weighted by atomic mass is 16.5. The number of hydrazone groups is 1. The van der Waals surface area contributed by atoms with Gasteiger partial charge in [0.05, 0.1) is 53.0 Å². The minimum atomic E-state index is 0.171. The van der Waals surface area contributed by atoms with Gasteiger partial charge in [-0.15, -0.1) is 0 Å². The number of rotatable bonds is 11. The number of nitrogens with one attached hydrogen (secondary N) is 2. The summed E-state index contributed by atoms with van der Waals surface area (Å²) in [6.45, 7) is 7.72. The Kier molecular flexibility index (Phi) is 10.3. The summed E-state index contributed by atoms with van der Waals surface area (Å²) in [5, 5.41) is 7.65. The molecule has 49 heavy (non-hydrogen) atoms. The number of ether oxygens (including phenoxy) is 5. The van der Waals surface area contributed by atoms with Crippen LogP contribution in [0.2, 0.25) is 0 Å². The molecule has 0 atom stereocenters. The number of benzene rings is 2. The third-order valence-corrected chi connectivity index (χ3v) is 7.89. The standard InChI is InChI=1S/C32H38N12O5/c1-45-26-21-23(22-33-41-28-35-27(34-24-5-3-2-4-6-24)36-29(37-28)42-9-15-46-16-10-42)7-8-25(26)49-32-39-30(43-11-17-47-18-12-43)38-31(40-32)44-13-19-48-20-14-44/h2-8,21-22H,9-20H2,1H3,(H2,34,35,36,37,41)/b33-22-. The van der Waals surface area contributed by atoms with Crippen LogP contribution in [-0.2, 0) is 14.2 Å². The van der Waals surface area contributed by atoms with Crippen LogP contribution >= 0.6 is 0 Å². The fourth-order valence-corrected chi connectivity index (χ4v) is 5.33. The second-order valence-electron chi connectivity index (χ2n) is 11.2. The van der Waals surface area contributed by atoms with E-state index in [-0.39, 0.29) is 6.01 Å². The first kappa shape index (κ1) is 32.2. The third kappa shape index (κ3) is 8.37. The highest BCUT2D eigenvalue weighted by Gasteiger charge is 2.22. The topological polar surface area (TPSA) is 170 Å². The molecule has 256 valence electrons. The Bertz CT molecular complexity index is 1680. The van der Waals surface area contributed by atoms with Crippen LogP contribution in [0.5, 0.6) is 17.5 Å². The van der Waals surface area contributed by atoms with E-state index in [0.29, 0.717) is 120 Å².